The number of amides is 1. The van der Waals surface area contributed by atoms with Crippen LogP contribution < -0.4 is 26.8 Å². The molecule has 1 fully saturated rings. The Balaban J connectivity index is 1.56. The quantitative estimate of drug-likeness (QED) is 0.275. The Morgan fingerprint density at radius 2 is 2.09 bits per heavy atom. The predicted octanol–water partition coefficient (Wildman–Crippen LogP) is 1.28. The zero-order chi connectivity index (χ0) is 23.9. The number of hydrazine groups is 1. The third-order valence-electron chi connectivity index (χ3n) is 6.74. The van der Waals surface area contributed by atoms with Crippen molar-refractivity contribution in [3.8, 4) is 0 Å². The number of nitrogens with one attached hydrogen (secondary N) is 5. The van der Waals surface area contributed by atoms with E-state index in [-0.39, 0.29) is 24.4 Å². The molecule has 1 amide bonds. The lowest BCUT2D eigenvalue weighted by atomic mass is 10.0. The van der Waals surface area contributed by atoms with Gasteiger partial charge in [-0.15, -0.1) is 0 Å². The molecule has 2 atom stereocenters. The van der Waals surface area contributed by atoms with Crippen molar-refractivity contribution in [2.45, 2.75) is 58.0 Å². The number of nitrogens with zero attached hydrogens (tertiary/aromatic N) is 3. The van der Waals surface area contributed by atoms with Gasteiger partial charge in [0.05, 0.1) is 11.9 Å². The Morgan fingerprint density at radius 1 is 1.26 bits per heavy atom. The van der Waals surface area contributed by atoms with Crippen LogP contribution >= 0.6 is 0 Å². The maximum atomic E-state index is 13.0. The maximum absolute atomic E-state index is 13.0. The molecule has 3 aliphatic heterocycles. The second-order valence-electron chi connectivity index (χ2n) is 9.18. The van der Waals surface area contributed by atoms with Crippen molar-refractivity contribution in [2.75, 3.05) is 39.8 Å². The lowest BCUT2D eigenvalue weighted by Gasteiger charge is -2.47. The maximum Gasteiger partial charge on any atom is 0.251 e. The van der Waals surface area contributed by atoms with Crippen LogP contribution in [0.2, 0.25) is 0 Å². The third-order valence-corrected chi connectivity index (χ3v) is 6.74. The summed E-state index contributed by atoms with van der Waals surface area (Å²) in [5, 5.41) is 10.3. The van der Waals surface area contributed by atoms with Gasteiger partial charge < -0.3 is 20.4 Å². The Kier molecular flexibility index (Phi) is 8.55. The first-order chi connectivity index (χ1) is 16.6. The molecule has 0 aliphatic carbocycles. The average molecular weight is 469 g/mol. The summed E-state index contributed by atoms with van der Waals surface area (Å²) >= 11 is 0. The van der Waals surface area contributed by atoms with Gasteiger partial charge in [0.2, 0.25) is 0 Å². The Labute approximate surface area is 203 Å². The molecule has 0 spiro atoms. The van der Waals surface area contributed by atoms with Crippen LogP contribution in [0.25, 0.3) is 5.70 Å². The van der Waals surface area contributed by atoms with Crippen molar-refractivity contribution in [3.63, 3.8) is 0 Å². The van der Waals surface area contributed by atoms with E-state index in [0.29, 0.717) is 5.56 Å². The number of benzene rings is 1. The van der Waals surface area contributed by atoms with Crippen LogP contribution in [0.15, 0.2) is 35.3 Å². The molecular formula is C25H40N8O. The van der Waals surface area contributed by atoms with Crippen LogP contribution in [0, 0.1) is 0 Å². The minimum absolute atomic E-state index is 0.00000740. The van der Waals surface area contributed by atoms with Crippen molar-refractivity contribution in [3.05, 3.63) is 41.5 Å². The Morgan fingerprint density at radius 3 is 2.85 bits per heavy atom. The molecule has 0 saturated carbocycles. The normalized spacial score (nSPS) is 22.0. The number of fused-ring (bicyclic) bond motifs is 1. The first-order valence-electron chi connectivity index (χ1n) is 12.7. The molecule has 1 saturated heterocycles. The predicted molar refractivity (Wildman–Crippen MR) is 137 cm³/mol. The molecule has 186 valence electrons. The molecule has 34 heavy (non-hydrogen) atoms. The lowest BCUT2D eigenvalue weighted by Crippen LogP contribution is -2.65. The summed E-state index contributed by atoms with van der Waals surface area (Å²) in [5.41, 5.74) is 9.38. The van der Waals surface area contributed by atoms with Gasteiger partial charge in [0.25, 0.3) is 5.91 Å². The van der Waals surface area contributed by atoms with Gasteiger partial charge in [-0.3, -0.25) is 20.5 Å². The van der Waals surface area contributed by atoms with Gasteiger partial charge in [0, 0.05) is 44.4 Å². The number of rotatable bonds is 9. The van der Waals surface area contributed by atoms with Gasteiger partial charge in [0.1, 0.15) is 5.84 Å². The first-order valence-corrected chi connectivity index (χ1v) is 12.7. The van der Waals surface area contributed by atoms with E-state index in [2.05, 4.69) is 69.6 Å². The van der Waals surface area contributed by atoms with Crippen molar-refractivity contribution in [1.29, 1.82) is 0 Å². The topological polar surface area (TPSA) is 96.1 Å². The molecule has 9 nitrogen and oxygen atoms in total. The van der Waals surface area contributed by atoms with E-state index in [0.717, 1.165) is 75.5 Å². The highest BCUT2D eigenvalue weighted by Gasteiger charge is 2.34. The number of carbonyl (C=O) groups is 1. The highest BCUT2D eigenvalue weighted by molar-refractivity contribution is 6.01. The Bertz CT molecular complexity index is 895. The molecular weight excluding hydrogens is 428 g/mol. The van der Waals surface area contributed by atoms with Crippen LogP contribution in [0.1, 0.15) is 55.5 Å². The lowest BCUT2D eigenvalue weighted by molar-refractivity contribution is 0.0929. The molecule has 1 aromatic rings. The van der Waals surface area contributed by atoms with E-state index < -0.39 is 0 Å². The summed E-state index contributed by atoms with van der Waals surface area (Å²) in [4.78, 5) is 22.4. The fourth-order valence-electron chi connectivity index (χ4n) is 4.79. The highest BCUT2D eigenvalue weighted by atomic mass is 16.1. The molecule has 3 aliphatic rings. The largest absolute Gasteiger partial charge is 0.349 e. The van der Waals surface area contributed by atoms with Gasteiger partial charge in [0.15, 0.2) is 6.29 Å². The Hall–Kier alpha value is -2.46. The van der Waals surface area contributed by atoms with Crippen LogP contribution in [-0.2, 0) is 0 Å². The van der Waals surface area contributed by atoms with Gasteiger partial charge in [-0.2, -0.15) is 0 Å². The molecule has 0 radical (unpaired) electrons. The molecule has 4 rings (SSSR count). The minimum Gasteiger partial charge on any atom is -0.349 e. The number of amidine groups is 1. The SMILES string of the molecule is CCNNC(CC)NC1N(C)C(c2cccc(C(=O)NC3CCNCC3)c2)=CC2=NCCCN21. The van der Waals surface area contributed by atoms with Gasteiger partial charge in [-0.05, 0) is 56.5 Å². The third kappa shape index (κ3) is 5.78. The van der Waals surface area contributed by atoms with Crippen LogP contribution in [0.3, 0.4) is 0 Å². The van der Waals surface area contributed by atoms with Crippen molar-refractivity contribution in [2.24, 2.45) is 4.99 Å². The zero-order valence-electron chi connectivity index (χ0n) is 20.7. The summed E-state index contributed by atoms with van der Waals surface area (Å²) < 4.78 is 0. The fourth-order valence-corrected chi connectivity index (χ4v) is 4.79. The summed E-state index contributed by atoms with van der Waals surface area (Å²) in [7, 11) is 2.11. The van der Waals surface area contributed by atoms with Crippen molar-refractivity contribution < 1.29 is 4.79 Å². The summed E-state index contributed by atoms with van der Waals surface area (Å²) in [6.45, 7) is 8.81. The number of hydrogen-bond donors (Lipinski definition) is 5. The second kappa shape index (κ2) is 11.8. The van der Waals surface area contributed by atoms with Crippen LogP contribution in [0.5, 0.6) is 0 Å². The van der Waals surface area contributed by atoms with E-state index in [4.69, 9.17) is 4.99 Å². The minimum atomic E-state index is -0.0395. The summed E-state index contributed by atoms with van der Waals surface area (Å²) in [5.74, 6) is 1.000. The van der Waals surface area contributed by atoms with E-state index in [1.165, 1.54) is 0 Å². The van der Waals surface area contributed by atoms with E-state index in [9.17, 15) is 4.79 Å². The second-order valence-corrected chi connectivity index (χ2v) is 9.18. The first kappa shape index (κ1) is 24.7. The number of hydrogen-bond acceptors (Lipinski definition) is 8. The van der Waals surface area contributed by atoms with Crippen LogP contribution in [0.4, 0.5) is 0 Å². The molecule has 5 N–H and O–H groups in total. The van der Waals surface area contributed by atoms with Crippen molar-refractivity contribution in [1.82, 2.24) is 36.6 Å². The fraction of sp³-hybridized carbons (Fsp3) is 0.600. The van der Waals surface area contributed by atoms with Gasteiger partial charge in [-0.25, -0.2) is 5.43 Å². The van der Waals surface area contributed by atoms with E-state index in [1.54, 1.807) is 0 Å². The zero-order valence-corrected chi connectivity index (χ0v) is 20.7. The molecule has 1 aromatic carbocycles. The van der Waals surface area contributed by atoms with Crippen LogP contribution in [-0.4, -0.2) is 79.8 Å². The van der Waals surface area contributed by atoms with Crippen molar-refractivity contribution >= 4 is 17.4 Å². The number of piperidine rings is 1. The van der Waals surface area contributed by atoms with Gasteiger partial charge >= 0.3 is 0 Å². The smallest absolute Gasteiger partial charge is 0.251 e. The van der Waals surface area contributed by atoms with E-state index in [1.807, 2.05) is 18.2 Å². The molecule has 0 aromatic heterocycles. The average Bonchev–Trinajstić information content (AvgIpc) is 2.88. The molecule has 3 heterocycles. The standard InChI is InChI=1S/C25H40N8O/c1-4-22(31-28-5-2)30-25-32(3)21(17-23-27-12-7-15-33(23)25)18-8-6-9-19(16-18)24(34)29-20-10-13-26-14-11-20/h6,8-9,16-17,20,22,25-26,28,30-31H,4-5,7,10-15H2,1-3H3,(H,29,34). The summed E-state index contributed by atoms with van der Waals surface area (Å²) in [6, 6.07) is 8.19. The van der Waals surface area contributed by atoms with Gasteiger partial charge in [-0.1, -0.05) is 26.0 Å². The highest BCUT2D eigenvalue weighted by Crippen LogP contribution is 2.28. The monoisotopic (exact) mass is 468 g/mol. The summed E-state index contributed by atoms with van der Waals surface area (Å²) in [6.07, 6.45) is 6.15. The molecule has 9 heteroatoms. The van der Waals surface area contributed by atoms with E-state index >= 15 is 0 Å². The number of carbonyl (C=O) groups excluding carboxylic acids is 1. The number of aliphatic imine (C=N–C) groups is 1. The molecule has 0 bridgehead atoms. The molecule has 2 unspecified atom stereocenters.